The van der Waals surface area contributed by atoms with Crippen LogP contribution in [0.15, 0.2) is 65.7 Å². The smallest absolute Gasteiger partial charge is 0.315 e. The summed E-state index contributed by atoms with van der Waals surface area (Å²) in [5.74, 6) is -1.29. The van der Waals surface area contributed by atoms with Gasteiger partial charge in [-0.15, -0.1) is 0 Å². The number of carbonyl (C=O) groups is 1. The molecule has 0 saturated heterocycles. The molecule has 1 heterocycles. The lowest BCUT2D eigenvalue weighted by atomic mass is 9.84. The number of carboxylic acids is 1. The van der Waals surface area contributed by atoms with E-state index in [1.807, 2.05) is 67.6 Å². The molecule has 1 aliphatic heterocycles. The molecule has 2 aromatic rings. The summed E-state index contributed by atoms with van der Waals surface area (Å²) in [6.45, 7) is 2.15. The monoisotopic (exact) mass is 309 g/mol. The highest BCUT2D eigenvalue weighted by Gasteiger charge is 2.42. The Balaban J connectivity index is 2.12. The minimum absolute atomic E-state index is 0.313. The highest BCUT2D eigenvalue weighted by molar-refractivity contribution is 5.98. The van der Waals surface area contributed by atoms with E-state index in [9.17, 15) is 9.90 Å². The Kier molecular flexibility index (Phi) is 4.15. The summed E-state index contributed by atoms with van der Waals surface area (Å²) in [6, 6.07) is 19.8. The first kappa shape index (κ1) is 15.3. The van der Waals surface area contributed by atoms with Gasteiger partial charge in [-0.2, -0.15) is 0 Å². The number of nitrogens with zero attached hydrogens (tertiary/aromatic N) is 1. The van der Waals surface area contributed by atoms with E-state index >= 15 is 0 Å². The number of carboxylic acid groups (broad SMARTS) is 1. The first-order valence-corrected chi connectivity index (χ1v) is 7.74. The highest BCUT2D eigenvalue weighted by atomic mass is 16.5. The predicted octanol–water partition coefficient (Wildman–Crippen LogP) is 3.47. The maximum Gasteiger partial charge on any atom is 0.315 e. The number of hydrogen-bond donors (Lipinski definition) is 1. The van der Waals surface area contributed by atoms with Gasteiger partial charge >= 0.3 is 5.97 Å². The predicted molar refractivity (Wildman–Crippen MR) is 88.5 cm³/mol. The Morgan fingerprint density at radius 3 is 2.09 bits per heavy atom. The molecule has 0 radical (unpaired) electrons. The average molecular weight is 309 g/mol. The van der Waals surface area contributed by atoms with Crippen LogP contribution in [0.1, 0.15) is 24.5 Å². The van der Waals surface area contributed by atoms with Crippen LogP contribution >= 0.6 is 0 Å². The van der Waals surface area contributed by atoms with Crippen LogP contribution in [0.2, 0.25) is 0 Å². The van der Waals surface area contributed by atoms with E-state index in [2.05, 4.69) is 0 Å². The van der Waals surface area contributed by atoms with Gasteiger partial charge in [-0.25, -0.2) is 4.99 Å². The van der Waals surface area contributed by atoms with Crippen molar-refractivity contribution in [3.8, 4) is 0 Å². The van der Waals surface area contributed by atoms with Gasteiger partial charge < -0.3 is 9.84 Å². The summed E-state index contributed by atoms with van der Waals surface area (Å²) in [7, 11) is 0. The minimum atomic E-state index is -0.900. The Morgan fingerprint density at radius 1 is 1.13 bits per heavy atom. The Morgan fingerprint density at radius 2 is 1.65 bits per heavy atom. The van der Waals surface area contributed by atoms with E-state index in [1.54, 1.807) is 0 Å². The Hall–Kier alpha value is -2.62. The van der Waals surface area contributed by atoms with Crippen LogP contribution in [0, 0.1) is 5.92 Å². The molecule has 3 rings (SSSR count). The minimum Gasteiger partial charge on any atom is -0.481 e. The summed E-state index contributed by atoms with van der Waals surface area (Å²) < 4.78 is 5.76. The van der Waals surface area contributed by atoms with Gasteiger partial charge in [0.2, 0.25) is 0 Å². The van der Waals surface area contributed by atoms with Crippen molar-refractivity contribution in [1.82, 2.24) is 0 Å². The summed E-state index contributed by atoms with van der Waals surface area (Å²) in [4.78, 5) is 16.2. The molecule has 1 unspecified atom stereocenters. The number of benzene rings is 2. The molecule has 2 aromatic carbocycles. The molecular weight excluding hydrogens is 290 g/mol. The van der Waals surface area contributed by atoms with Crippen molar-refractivity contribution in [1.29, 1.82) is 0 Å². The number of aliphatic imine (C=N–C) groups is 1. The molecule has 0 fully saturated rings. The molecule has 1 atom stereocenters. The van der Waals surface area contributed by atoms with Gasteiger partial charge in [0.1, 0.15) is 18.1 Å². The second kappa shape index (κ2) is 6.24. The van der Waals surface area contributed by atoms with Crippen LogP contribution in [0.4, 0.5) is 0 Å². The fourth-order valence-corrected chi connectivity index (χ4v) is 2.95. The Bertz CT molecular complexity index is 670. The van der Waals surface area contributed by atoms with Crippen molar-refractivity contribution in [2.24, 2.45) is 10.9 Å². The van der Waals surface area contributed by atoms with Gasteiger partial charge in [-0.3, -0.25) is 4.79 Å². The van der Waals surface area contributed by atoms with Crippen LogP contribution in [0.5, 0.6) is 0 Å². The second-order valence-electron chi connectivity index (χ2n) is 5.63. The van der Waals surface area contributed by atoms with E-state index in [1.165, 1.54) is 0 Å². The SMILES string of the molecule is CCC(C(=O)O)C1=NC(c2ccccc2)(c2ccccc2)CO1. The third-order valence-corrected chi connectivity index (χ3v) is 4.24. The zero-order valence-corrected chi connectivity index (χ0v) is 13.0. The van der Waals surface area contributed by atoms with Gasteiger partial charge in [-0.05, 0) is 17.5 Å². The molecule has 1 N–H and O–H groups in total. The maximum absolute atomic E-state index is 11.4. The fourth-order valence-electron chi connectivity index (χ4n) is 2.95. The van der Waals surface area contributed by atoms with Gasteiger partial charge in [-0.1, -0.05) is 67.6 Å². The molecule has 1 aliphatic rings. The number of aliphatic carboxylic acids is 1. The lowest BCUT2D eigenvalue weighted by molar-refractivity contribution is -0.139. The molecule has 0 spiro atoms. The van der Waals surface area contributed by atoms with Gasteiger partial charge in [0.05, 0.1) is 0 Å². The average Bonchev–Trinajstić information content (AvgIpc) is 3.03. The molecule has 0 bridgehead atoms. The summed E-state index contributed by atoms with van der Waals surface area (Å²) >= 11 is 0. The van der Waals surface area contributed by atoms with Crippen LogP contribution in [0.3, 0.4) is 0 Å². The number of hydrogen-bond acceptors (Lipinski definition) is 3. The van der Waals surface area contributed by atoms with E-state index in [4.69, 9.17) is 9.73 Å². The normalized spacial score (nSPS) is 17.2. The topological polar surface area (TPSA) is 58.9 Å². The zero-order chi connectivity index (χ0) is 16.3. The Labute approximate surface area is 135 Å². The van der Waals surface area contributed by atoms with Crippen LogP contribution in [-0.2, 0) is 15.1 Å². The second-order valence-corrected chi connectivity index (χ2v) is 5.63. The van der Waals surface area contributed by atoms with Gasteiger partial charge in [0.25, 0.3) is 0 Å². The van der Waals surface area contributed by atoms with Crippen molar-refractivity contribution in [3.63, 3.8) is 0 Å². The van der Waals surface area contributed by atoms with E-state index in [0.717, 1.165) is 11.1 Å². The third kappa shape index (κ3) is 2.72. The van der Waals surface area contributed by atoms with Crippen molar-refractivity contribution >= 4 is 11.9 Å². The van der Waals surface area contributed by atoms with E-state index < -0.39 is 17.4 Å². The quantitative estimate of drug-likeness (QED) is 0.920. The molecule has 0 aliphatic carbocycles. The third-order valence-electron chi connectivity index (χ3n) is 4.24. The van der Waals surface area contributed by atoms with Crippen molar-refractivity contribution < 1.29 is 14.6 Å². The van der Waals surface area contributed by atoms with Crippen LogP contribution in [0.25, 0.3) is 0 Å². The van der Waals surface area contributed by atoms with E-state index in [-0.39, 0.29) is 0 Å². The van der Waals surface area contributed by atoms with Gasteiger partial charge in [0.15, 0.2) is 5.90 Å². The molecule has 0 aromatic heterocycles. The molecule has 23 heavy (non-hydrogen) atoms. The molecule has 4 nitrogen and oxygen atoms in total. The van der Waals surface area contributed by atoms with Gasteiger partial charge in [0, 0.05) is 0 Å². The van der Waals surface area contributed by atoms with Crippen LogP contribution in [-0.4, -0.2) is 23.6 Å². The highest BCUT2D eigenvalue weighted by Crippen LogP contribution is 2.39. The van der Waals surface area contributed by atoms with Crippen LogP contribution < -0.4 is 0 Å². The van der Waals surface area contributed by atoms with E-state index in [0.29, 0.717) is 18.9 Å². The number of ether oxygens (including phenoxy) is 1. The summed E-state index contributed by atoms with van der Waals surface area (Å²) in [5.41, 5.74) is 1.32. The first-order valence-electron chi connectivity index (χ1n) is 7.74. The first-order chi connectivity index (χ1) is 11.2. The van der Waals surface area contributed by atoms with Crippen molar-refractivity contribution in [3.05, 3.63) is 71.8 Å². The summed E-state index contributed by atoms with van der Waals surface area (Å²) in [6.07, 6.45) is 0.452. The molecular formula is C19H19NO3. The molecule has 0 amide bonds. The number of rotatable bonds is 5. The van der Waals surface area contributed by atoms with Crippen molar-refractivity contribution in [2.45, 2.75) is 18.9 Å². The van der Waals surface area contributed by atoms with Crippen molar-refractivity contribution in [2.75, 3.05) is 6.61 Å². The lowest BCUT2D eigenvalue weighted by Crippen LogP contribution is -2.26. The standard InChI is InChI=1S/C19H19NO3/c1-2-16(18(21)22)17-20-19(13-23-17,14-9-5-3-6-10-14)15-11-7-4-8-12-15/h3-12,16H,2,13H2,1H3,(H,21,22). The molecule has 4 heteroatoms. The lowest BCUT2D eigenvalue weighted by Gasteiger charge is -2.25. The molecule has 0 saturated carbocycles. The largest absolute Gasteiger partial charge is 0.481 e. The maximum atomic E-state index is 11.4. The molecule has 118 valence electrons. The summed E-state index contributed by atoms with van der Waals surface area (Å²) in [5, 5.41) is 9.38. The fraction of sp³-hybridized carbons (Fsp3) is 0.263. The zero-order valence-electron chi connectivity index (χ0n) is 13.0.